The van der Waals surface area contributed by atoms with Crippen LogP contribution < -0.4 is 15.4 Å². The smallest absolute Gasteiger partial charge is 0.255 e. The summed E-state index contributed by atoms with van der Waals surface area (Å²) >= 11 is 0. The summed E-state index contributed by atoms with van der Waals surface area (Å²) in [5.41, 5.74) is 3.67. The van der Waals surface area contributed by atoms with Crippen molar-refractivity contribution >= 4 is 23.2 Å². The number of carbonyl (C=O) groups is 2. The molecular formula is C28H21N3O3. The van der Waals surface area contributed by atoms with E-state index in [9.17, 15) is 9.59 Å². The number of hydrogen-bond acceptors (Lipinski definition) is 4. The number of nitrogens with zero attached hydrogens (tertiary/aromatic N) is 1. The number of ether oxygens (including phenoxy) is 1. The number of nitrogens with one attached hydrogen (secondary N) is 2. The van der Waals surface area contributed by atoms with Gasteiger partial charge in [-0.15, -0.1) is 0 Å². The SMILES string of the molecule is N#Cc1cccc(COc2cccc(NC(=O)c3ccc(NC(=O)c4ccccc4)cc3)c2)c1. The van der Waals surface area contributed by atoms with Gasteiger partial charge in [0.25, 0.3) is 11.8 Å². The average Bonchev–Trinajstić information content (AvgIpc) is 2.88. The van der Waals surface area contributed by atoms with Gasteiger partial charge in [0, 0.05) is 28.6 Å². The van der Waals surface area contributed by atoms with Crippen molar-refractivity contribution in [2.45, 2.75) is 6.61 Å². The fourth-order valence-electron chi connectivity index (χ4n) is 3.26. The fraction of sp³-hybridized carbons (Fsp3) is 0.0357. The standard InChI is InChI=1S/C28H21N3O3/c29-18-20-6-4-7-21(16-20)19-34-26-11-5-10-25(17-26)31-28(33)23-12-14-24(15-13-23)30-27(32)22-8-2-1-3-9-22/h1-17H,19H2,(H,30,32)(H,31,33). The second-order valence-electron chi connectivity index (χ2n) is 7.48. The fourth-order valence-corrected chi connectivity index (χ4v) is 3.26. The molecule has 0 aromatic heterocycles. The lowest BCUT2D eigenvalue weighted by Gasteiger charge is -2.10. The van der Waals surface area contributed by atoms with Crippen molar-refractivity contribution in [1.29, 1.82) is 5.26 Å². The number of amides is 2. The minimum absolute atomic E-state index is 0.214. The van der Waals surface area contributed by atoms with Crippen LogP contribution >= 0.6 is 0 Å². The van der Waals surface area contributed by atoms with Gasteiger partial charge in [0.2, 0.25) is 0 Å². The Morgan fingerprint density at radius 3 is 2.12 bits per heavy atom. The molecule has 0 spiro atoms. The van der Waals surface area contributed by atoms with Gasteiger partial charge in [-0.3, -0.25) is 9.59 Å². The predicted octanol–water partition coefficient (Wildman–Crippen LogP) is 5.64. The third-order valence-electron chi connectivity index (χ3n) is 4.99. The van der Waals surface area contributed by atoms with Gasteiger partial charge in [0.05, 0.1) is 11.6 Å². The summed E-state index contributed by atoms with van der Waals surface area (Å²) in [6.45, 7) is 0.309. The number of nitriles is 1. The number of benzene rings is 4. The molecule has 34 heavy (non-hydrogen) atoms. The summed E-state index contributed by atoms with van der Waals surface area (Å²) in [5.74, 6) is 0.105. The lowest BCUT2D eigenvalue weighted by molar-refractivity contribution is 0.102. The van der Waals surface area contributed by atoms with Crippen LogP contribution in [0, 0.1) is 11.3 Å². The van der Waals surface area contributed by atoms with Crippen LogP contribution in [0.1, 0.15) is 31.8 Å². The third kappa shape index (κ3) is 5.87. The predicted molar refractivity (Wildman–Crippen MR) is 131 cm³/mol. The van der Waals surface area contributed by atoms with Gasteiger partial charge in [-0.05, 0) is 66.2 Å². The van der Waals surface area contributed by atoms with Gasteiger partial charge in [-0.25, -0.2) is 0 Å². The number of hydrogen-bond donors (Lipinski definition) is 2. The summed E-state index contributed by atoms with van der Waals surface area (Å²) < 4.78 is 5.81. The Labute approximate surface area is 197 Å². The lowest BCUT2D eigenvalue weighted by atomic mass is 10.1. The van der Waals surface area contributed by atoms with E-state index in [1.165, 1.54) is 0 Å². The van der Waals surface area contributed by atoms with Gasteiger partial charge < -0.3 is 15.4 Å². The normalized spacial score (nSPS) is 10.1. The summed E-state index contributed by atoms with van der Waals surface area (Å²) in [7, 11) is 0. The van der Waals surface area contributed by atoms with Crippen LogP contribution in [0.15, 0.2) is 103 Å². The maximum atomic E-state index is 12.7. The van der Waals surface area contributed by atoms with E-state index in [4.69, 9.17) is 10.00 Å². The molecule has 0 radical (unpaired) electrons. The first kappa shape index (κ1) is 22.3. The second-order valence-corrected chi connectivity index (χ2v) is 7.48. The molecule has 0 fully saturated rings. The zero-order valence-electron chi connectivity index (χ0n) is 18.2. The van der Waals surface area contributed by atoms with Gasteiger partial charge in [0.1, 0.15) is 12.4 Å². The molecule has 0 bridgehead atoms. The van der Waals surface area contributed by atoms with E-state index in [0.29, 0.717) is 40.4 Å². The highest BCUT2D eigenvalue weighted by Crippen LogP contribution is 2.20. The van der Waals surface area contributed by atoms with Crippen LogP contribution in [0.4, 0.5) is 11.4 Å². The van der Waals surface area contributed by atoms with Crippen molar-refractivity contribution in [3.8, 4) is 11.8 Å². The van der Waals surface area contributed by atoms with Crippen molar-refractivity contribution in [3.05, 3.63) is 125 Å². The molecule has 6 nitrogen and oxygen atoms in total. The van der Waals surface area contributed by atoms with Crippen LogP contribution in [0.2, 0.25) is 0 Å². The molecule has 166 valence electrons. The van der Waals surface area contributed by atoms with E-state index in [0.717, 1.165) is 5.56 Å². The molecule has 0 aliphatic rings. The van der Waals surface area contributed by atoms with E-state index in [2.05, 4.69) is 16.7 Å². The van der Waals surface area contributed by atoms with Crippen molar-refractivity contribution < 1.29 is 14.3 Å². The monoisotopic (exact) mass is 447 g/mol. The van der Waals surface area contributed by atoms with Gasteiger partial charge in [-0.2, -0.15) is 5.26 Å². The Kier molecular flexibility index (Phi) is 6.97. The minimum atomic E-state index is -0.278. The van der Waals surface area contributed by atoms with E-state index in [-0.39, 0.29) is 11.8 Å². The molecule has 4 aromatic carbocycles. The molecule has 0 aliphatic heterocycles. The minimum Gasteiger partial charge on any atom is -0.489 e. The van der Waals surface area contributed by atoms with Crippen LogP contribution in [0.25, 0.3) is 0 Å². The Bertz CT molecular complexity index is 1340. The van der Waals surface area contributed by atoms with Crippen LogP contribution in [0.3, 0.4) is 0 Å². The van der Waals surface area contributed by atoms with Crippen LogP contribution in [-0.4, -0.2) is 11.8 Å². The van der Waals surface area contributed by atoms with E-state index in [1.54, 1.807) is 84.9 Å². The van der Waals surface area contributed by atoms with Gasteiger partial charge in [-0.1, -0.05) is 36.4 Å². The van der Waals surface area contributed by atoms with Crippen molar-refractivity contribution in [2.24, 2.45) is 0 Å². The Morgan fingerprint density at radius 2 is 1.38 bits per heavy atom. The molecule has 2 amide bonds. The Balaban J connectivity index is 1.35. The van der Waals surface area contributed by atoms with Gasteiger partial charge >= 0.3 is 0 Å². The van der Waals surface area contributed by atoms with Gasteiger partial charge in [0.15, 0.2) is 0 Å². The molecule has 0 aliphatic carbocycles. The number of rotatable bonds is 7. The zero-order valence-corrected chi connectivity index (χ0v) is 18.2. The molecule has 0 atom stereocenters. The molecule has 4 aromatic rings. The average molecular weight is 447 g/mol. The zero-order chi connectivity index (χ0) is 23.8. The van der Waals surface area contributed by atoms with Crippen LogP contribution in [0.5, 0.6) is 5.75 Å². The molecule has 6 heteroatoms. The van der Waals surface area contributed by atoms with E-state index < -0.39 is 0 Å². The first-order valence-electron chi connectivity index (χ1n) is 10.6. The largest absolute Gasteiger partial charge is 0.489 e. The maximum absolute atomic E-state index is 12.7. The molecule has 0 saturated carbocycles. The summed E-state index contributed by atoms with van der Waals surface area (Å²) in [6, 6.07) is 32.0. The summed E-state index contributed by atoms with van der Waals surface area (Å²) in [6.07, 6.45) is 0. The maximum Gasteiger partial charge on any atom is 0.255 e. The quantitative estimate of drug-likeness (QED) is 0.383. The van der Waals surface area contributed by atoms with Crippen molar-refractivity contribution in [3.63, 3.8) is 0 Å². The topological polar surface area (TPSA) is 91.2 Å². The Hall–Kier alpha value is -4.89. The molecule has 2 N–H and O–H groups in total. The third-order valence-corrected chi connectivity index (χ3v) is 4.99. The van der Waals surface area contributed by atoms with Crippen molar-refractivity contribution in [2.75, 3.05) is 10.6 Å². The second kappa shape index (κ2) is 10.6. The molecule has 0 heterocycles. The number of carbonyl (C=O) groups excluding carboxylic acids is 2. The highest BCUT2D eigenvalue weighted by atomic mass is 16.5. The van der Waals surface area contributed by atoms with E-state index >= 15 is 0 Å². The summed E-state index contributed by atoms with van der Waals surface area (Å²) in [5, 5.41) is 14.7. The van der Waals surface area contributed by atoms with Crippen LogP contribution in [-0.2, 0) is 6.61 Å². The molecule has 0 unspecified atom stereocenters. The molecule has 0 saturated heterocycles. The lowest BCUT2D eigenvalue weighted by Crippen LogP contribution is -2.13. The summed E-state index contributed by atoms with van der Waals surface area (Å²) in [4.78, 5) is 24.9. The highest BCUT2D eigenvalue weighted by Gasteiger charge is 2.09. The van der Waals surface area contributed by atoms with E-state index in [1.807, 2.05) is 18.2 Å². The number of anilines is 2. The molecule has 4 rings (SSSR count). The first-order chi connectivity index (χ1) is 16.6. The molecular weight excluding hydrogens is 426 g/mol. The highest BCUT2D eigenvalue weighted by molar-refractivity contribution is 6.06. The Morgan fingerprint density at radius 1 is 0.706 bits per heavy atom. The van der Waals surface area contributed by atoms with Crippen molar-refractivity contribution in [1.82, 2.24) is 0 Å². The first-order valence-corrected chi connectivity index (χ1v) is 10.6.